The highest BCUT2D eigenvalue weighted by molar-refractivity contribution is 5.32. The Morgan fingerprint density at radius 2 is 1.87 bits per heavy atom. The predicted molar refractivity (Wildman–Crippen MR) is 59.4 cm³/mol. The van der Waals surface area contributed by atoms with E-state index < -0.39 is 6.10 Å². The molecule has 1 unspecified atom stereocenters. The number of benzene rings is 1. The molecule has 0 aromatic heterocycles. The first-order valence-corrected chi connectivity index (χ1v) is 5.30. The van der Waals surface area contributed by atoms with Crippen LogP contribution in [0, 0.1) is 0 Å². The van der Waals surface area contributed by atoms with Gasteiger partial charge in [0.15, 0.2) is 0 Å². The average Bonchev–Trinajstić information content (AvgIpc) is 2.27. The lowest BCUT2D eigenvalue weighted by Gasteiger charge is -2.11. The molecule has 0 aliphatic rings. The van der Waals surface area contributed by atoms with Gasteiger partial charge in [-0.25, -0.2) is 0 Å². The third-order valence-corrected chi connectivity index (χ3v) is 2.03. The van der Waals surface area contributed by atoms with Gasteiger partial charge in [0.05, 0.1) is 12.7 Å². The van der Waals surface area contributed by atoms with Gasteiger partial charge in [-0.1, -0.05) is 13.0 Å². The van der Waals surface area contributed by atoms with E-state index in [0.717, 1.165) is 11.5 Å². The van der Waals surface area contributed by atoms with Crippen molar-refractivity contribution in [2.24, 2.45) is 0 Å². The van der Waals surface area contributed by atoms with Crippen molar-refractivity contribution in [2.75, 3.05) is 13.2 Å². The van der Waals surface area contributed by atoms with Gasteiger partial charge in [0.2, 0.25) is 0 Å². The molecule has 3 heteroatoms. The third-order valence-electron chi connectivity index (χ3n) is 2.03. The first-order chi connectivity index (χ1) is 7.26. The summed E-state index contributed by atoms with van der Waals surface area (Å²) in [5, 5.41) is 9.34. The van der Waals surface area contributed by atoms with E-state index in [9.17, 15) is 5.11 Å². The van der Waals surface area contributed by atoms with E-state index >= 15 is 0 Å². The lowest BCUT2D eigenvalue weighted by molar-refractivity contribution is 0.104. The molecule has 1 aromatic rings. The van der Waals surface area contributed by atoms with Crippen LogP contribution in [0.2, 0.25) is 0 Å². The van der Waals surface area contributed by atoms with Gasteiger partial charge < -0.3 is 14.6 Å². The first kappa shape index (κ1) is 11.9. The molecule has 1 N–H and O–H groups in total. The van der Waals surface area contributed by atoms with Gasteiger partial charge in [-0.15, -0.1) is 0 Å². The molecular formula is C12H18O3. The highest BCUT2D eigenvalue weighted by atomic mass is 16.5. The molecule has 0 heterocycles. The summed E-state index contributed by atoms with van der Waals surface area (Å²) in [6, 6.07) is 7.43. The number of aliphatic hydroxyl groups is 1. The Labute approximate surface area is 90.6 Å². The van der Waals surface area contributed by atoms with Crippen LogP contribution < -0.4 is 9.47 Å². The molecule has 3 nitrogen and oxygen atoms in total. The Morgan fingerprint density at radius 3 is 2.47 bits per heavy atom. The monoisotopic (exact) mass is 210 g/mol. The Balaban J connectivity index is 2.50. The maximum Gasteiger partial charge on any atom is 0.123 e. The Morgan fingerprint density at radius 1 is 1.20 bits per heavy atom. The van der Waals surface area contributed by atoms with E-state index in [1.807, 2.05) is 38.1 Å². The molecule has 0 aliphatic carbocycles. The van der Waals surface area contributed by atoms with Gasteiger partial charge in [-0.2, -0.15) is 0 Å². The van der Waals surface area contributed by atoms with Crippen LogP contribution in [-0.2, 0) is 0 Å². The van der Waals surface area contributed by atoms with Crippen LogP contribution in [0.5, 0.6) is 11.5 Å². The zero-order valence-electron chi connectivity index (χ0n) is 9.27. The molecule has 84 valence electrons. The van der Waals surface area contributed by atoms with Gasteiger partial charge in [0, 0.05) is 6.07 Å². The zero-order chi connectivity index (χ0) is 11.1. The van der Waals surface area contributed by atoms with E-state index in [-0.39, 0.29) is 0 Å². The highest BCUT2D eigenvalue weighted by Gasteiger charge is 2.02. The quantitative estimate of drug-likeness (QED) is 0.782. The predicted octanol–water partition coefficient (Wildman–Crippen LogP) is 2.23. The molecule has 0 aliphatic heterocycles. The fourth-order valence-corrected chi connectivity index (χ4v) is 1.13. The van der Waals surface area contributed by atoms with Crippen molar-refractivity contribution >= 4 is 0 Å². The normalized spacial score (nSPS) is 12.2. The molecule has 0 saturated carbocycles. The third kappa shape index (κ3) is 4.21. The molecule has 1 atom stereocenters. The van der Waals surface area contributed by atoms with E-state index in [4.69, 9.17) is 9.47 Å². The lowest BCUT2D eigenvalue weighted by Crippen LogP contribution is -2.15. The van der Waals surface area contributed by atoms with E-state index in [1.54, 1.807) is 0 Å². The van der Waals surface area contributed by atoms with Gasteiger partial charge in [-0.3, -0.25) is 0 Å². The summed E-state index contributed by atoms with van der Waals surface area (Å²) >= 11 is 0. The molecule has 0 spiro atoms. The Kier molecular flexibility index (Phi) is 4.98. The van der Waals surface area contributed by atoms with Crippen molar-refractivity contribution in [3.63, 3.8) is 0 Å². The Bertz CT molecular complexity index is 286. The van der Waals surface area contributed by atoms with Crippen molar-refractivity contribution in [1.29, 1.82) is 0 Å². The van der Waals surface area contributed by atoms with Crippen molar-refractivity contribution in [3.8, 4) is 11.5 Å². The summed E-state index contributed by atoms with van der Waals surface area (Å²) in [4.78, 5) is 0. The van der Waals surface area contributed by atoms with Gasteiger partial charge in [-0.05, 0) is 25.5 Å². The van der Waals surface area contributed by atoms with Gasteiger partial charge >= 0.3 is 0 Å². The second-order valence-corrected chi connectivity index (χ2v) is 3.28. The summed E-state index contributed by atoms with van der Waals surface area (Å²) in [5.74, 6) is 1.52. The van der Waals surface area contributed by atoms with E-state index in [0.29, 0.717) is 19.6 Å². The molecule has 15 heavy (non-hydrogen) atoms. The van der Waals surface area contributed by atoms with Crippen molar-refractivity contribution in [2.45, 2.75) is 26.4 Å². The summed E-state index contributed by atoms with van der Waals surface area (Å²) < 4.78 is 10.8. The summed E-state index contributed by atoms with van der Waals surface area (Å²) in [6.07, 6.45) is 0.297. The molecule has 0 radical (unpaired) electrons. The SMILES string of the molecule is CCOc1cccc(OCC(O)CC)c1. The molecule has 1 aromatic carbocycles. The molecule has 1 rings (SSSR count). The molecule has 0 bridgehead atoms. The summed E-state index contributed by atoms with van der Waals surface area (Å²) in [6.45, 7) is 4.83. The fourth-order valence-electron chi connectivity index (χ4n) is 1.13. The van der Waals surface area contributed by atoms with Crippen molar-refractivity contribution in [3.05, 3.63) is 24.3 Å². The molecule has 0 fully saturated rings. The summed E-state index contributed by atoms with van der Waals surface area (Å²) in [7, 11) is 0. The van der Waals surface area contributed by atoms with Gasteiger partial charge in [0.1, 0.15) is 18.1 Å². The Hall–Kier alpha value is -1.22. The number of rotatable bonds is 6. The first-order valence-electron chi connectivity index (χ1n) is 5.30. The number of aliphatic hydroxyl groups excluding tert-OH is 1. The van der Waals surface area contributed by atoms with Crippen LogP contribution in [-0.4, -0.2) is 24.4 Å². The minimum absolute atomic E-state index is 0.325. The molecular weight excluding hydrogens is 192 g/mol. The number of ether oxygens (including phenoxy) is 2. The van der Waals surface area contributed by atoms with Crippen LogP contribution in [0.3, 0.4) is 0 Å². The zero-order valence-corrected chi connectivity index (χ0v) is 9.27. The van der Waals surface area contributed by atoms with Crippen molar-refractivity contribution in [1.82, 2.24) is 0 Å². The molecule has 0 saturated heterocycles. The number of hydrogen-bond donors (Lipinski definition) is 1. The van der Waals surface area contributed by atoms with Crippen molar-refractivity contribution < 1.29 is 14.6 Å². The minimum Gasteiger partial charge on any atom is -0.494 e. The summed E-state index contributed by atoms with van der Waals surface area (Å²) in [5.41, 5.74) is 0. The highest BCUT2D eigenvalue weighted by Crippen LogP contribution is 2.19. The van der Waals surface area contributed by atoms with E-state index in [1.165, 1.54) is 0 Å². The second kappa shape index (κ2) is 6.30. The van der Waals surface area contributed by atoms with Crippen LogP contribution in [0.25, 0.3) is 0 Å². The largest absolute Gasteiger partial charge is 0.494 e. The smallest absolute Gasteiger partial charge is 0.123 e. The maximum atomic E-state index is 9.34. The second-order valence-electron chi connectivity index (χ2n) is 3.28. The van der Waals surface area contributed by atoms with Crippen LogP contribution in [0.4, 0.5) is 0 Å². The van der Waals surface area contributed by atoms with Gasteiger partial charge in [0.25, 0.3) is 0 Å². The topological polar surface area (TPSA) is 38.7 Å². The fraction of sp³-hybridized carbons (Fsp3) is 0.500. The minimum atomic E-state index is -0.402. The number of hydrogen-bond acceptors (Lipinski definition) is 3. The molecule has 0 amide bonds. The van der Waals surface area contributed by atoms with Crippen LogP contribution in [0.1, 0.15) is 20.3 Å². The van der Waals surface area contributed by atoms with E-state index in [2.05, 4.69) is 0 Å². The van der Waals surface area contributed by atoms with Crippen LogP contribution >= 0.6 is 0 Å². The average molecular weight is 210 g/mol. The standard InChI is InChI=1S/C12H18O3/c1-3-10(13)9-15-12-7-5-6-11(8-12)14-4-2/h5-8,10,13H,3-4,9H2,1-2H3. The van der Waals surface area contributed by atoms with Crippen LogP contribution in [0.15, 0.2) is 24.3 Å². The maximum absolute atomic E-state index is 9.34. The lowest BCUT2D eigenvalue weighted by atomic mass is 10.3.